The monoisotopic (exact) mass is 1130 g/mol. The molecule has 0 aliphatic carbocycles. The molecule has 15 nitrogen and oxygen atoms in total. The molecule has 0 radical (unpaired) electrons. The Labute approximate surface area is 450 Å². The molecule has 0 saturated heterocycles. The van der Waals surface area contributed by atoms with Crippen LogP contribution in [0.15, 0.2) is 72.8 Å². The van der Waals surface area contributed by atoms with Gasteiger partial charge < -0.3 is 59.7 Å². The first-order chi connectivity index (χ1) is 35.8. The normalized spacial score (nSPS) is 14.6. The molecular formula is C54H78F9N3O12. The van der Waals surface area contributed by atoms with Crippen molar-refractivity contribution >= 4 is 17.7 Å². The fourth-order valence-electron chi connectivity index (χ4n) is 6.36. The van der Waals surface area contributed by atoms with Gasteiger partial charge in [0.2, 0.25) is 17.7 Å². The van der Waals surface area contributed by atoms with Gasteiger partial charge in [-0.2, -0.15) is 0 Å². The molecule has 0 spiro atoms. The van der Waals surface area contributed by atoms with Gasteiger partial charge in [-0.25, -0.2) is 0 Å². The number of amides is 3. The third-order valence-corrected chi connectivity index (χ3v) is 11.1. The Balaban J connectivity index is 0.000000585. The Morgan fingerprint density at radius 3 is 0.821 bits per heavy atom. The molecule has 3 aromatic carbocycles. The molecule has 0 saturated carbocycles. The van der Waals surface area contributed by atoms with Crippen LogP contribution in [0.3, 0.4) is 0 Å². The number of aliphatic hydroxyl groups is 3. The third-order valence-electron chi connectivity index (χ3n) is 11.1. The predicted octanol–water partition coefficient (Wildman–Crippen LogP) is 10.7. The highest BCUT2D eigenvalue weighted by atomic mass is 19.4. The number of alkyl halides is 9. The molecule has 3 rings (SSSR count). The first-order valence-electron chi connectivity index (χ1n) is 25.0. The van der Waals surface area contributed by atoms with E-state index in [-0.39, 0.29) is 56.3 Å². The van der Waals surface area contributed by atoms with E-state index in [0.717, 1.165) is 0 Å². The maximum absolute atomic E-state index is 12.4. The van der Waals surface area contributed by atoms with E-state index in [4.69, 9.17) is 14.2 Å². The number of ether oxygens (including phenoxy) is 6. The van der Waals surface area contributed by atoms with Gasteiger partial charge in [-0.15, -0.1) is 39.5 Å². The summed E-state index contributed by atoms with van der Waals surface area (Å²) >= 11 is 0. The second kappa shape index (κ2) is 32.0. The average molecular weight is 1130 g/mol. The number of rotatable bonds is 24. The number of carbonyl (C=O) groups is 3. The van der Waals surface area contributed by atoms with Crippen LogP contribution in [0.4, 0.5) is 39.5 Å². The van der Waals surface area contributed by atoms with E-state index in [1.165, 1.54) is 54.6 Å². The lowest BCUT2D eigenvalue weighted by Crippen LogP contribution is -2.37. The molecule has 0 aliphatic rings. The highest BCUT2D eigenvalue weighted by molar-refractivity contribution is 5.78. The van der Waals surface area contributed by atoms with Crippen molar-refractivity contribution in [2.75, 3.05) is 39.6 Å². The van der Waals surface area contributed by atoms with Crippen LogP contribution in [0.25, 0.3) is 0 Å². The number of hydrogen-bond donors (Lipinski definition) is 6. The molecule has 0 fully saturated rings. The van der Waals surface area contributed by atoms with Crippen LogP contribution in [0.2, 0.25) is 0 Å². The van der Waals surface area contributed by atoms with E-state index in [1.54, 1.807) is 101 Å². The van der Waals surface area contributed by atoms with Gasteiger partial charge in [0.25, 0.3) is 0 Å². The SMILES string of the molecule is CCOC[C@H](NC(=O)CC(O)C(C)(C)C)c1cccc(OC(F)(F)F)c1.CCOC[C@H](NC(=O)C[C@@H](O)C(C)(C)C)c1cccc(OC(F)(F)F)c1.CCOC[C@H](NC(=O)C[C@H](O)C(C)(C)C)c1cccc(OC(F)(F)F)c1. The quantitative estimate of drug-likeness (QED) is 0.0464. The van der Waals surface area contributed by atoms with Crippen LogP contribution in [-0.4, -0.2) is 110 Å². The van der Waals surface area contributed by atoms with Gasteiger partial charge in [-0.05, 0) is 90.1 Å². The maximum atomic E-state index is 12.4. The summed E-state index contributed by atoms with van der Waals surface area (Å²) in [6, 6.07) is 14.1. The predicted molar refractivity (Wildman–Crippen MR) is 272 cm³/mol. The Morgan fingerprint density at radius 2 is 0.641 bits per heavy atom. The Bertz CT molecular complexity index is 2000. The van der Waals surface area contributed by atoms with Crippen LogP contribution in [0.1, 0.15) is 137 Å². The van der Waals surface area contributed by atoms with Gasteiger partial charge in [0.1, 0.15) is 17.2 Å². The van der Waals surface area contributed by atoms with E-state index >= 15 is 0 Å². The van der Waals surface area contributed by atoms with E-state index in [9.17, 15) is 69.2 Å². The van der Waals surface area contributed by atoms with Gasteiger partial charge in [0, 0.05) is 19.8 Å². The summed E-state index contributed by atoms with van der Waals surface area (Å²) in [5.41, 5.74) is -0.149. The molecule has 0 aromatic heterocycles. The summed E-state index contributed by atoms with van der Waals surface area (Å²) in [7, 11) is 0. The summed E-state index contributed by atoms with van der Waals surface area (Å²) in [6.07, 6.45) is -17.3. The molecule has 24 heteroatoms. The molecule has 444 valence electrons. The smallest absolute Gasteiger partial charge is 0.406 e. The largest absolute Gasteiger partial charge is 0.573 e. The lowest BCUT2D eigenvalue weighted by atomic mass is 9.87. The number of halogens is 9. The molecule has 0 heterocycles. The summed E-state index contributed by atoms with van der Waals surface area (Å²) < 4.78 is 139. The molecule has 0 aliphatic heterocycles. The van der Waals surface area contributed by atoms with Crippen LogP contribution >= 0.6 is 0 Å². The Morgan fingerprint density at radius 1 is 0.423 bits per heavy atom. The van der Waals surface area contributed by atoms with Crippen molar-refractivity contribution in [1.82, 2.24) is 16.0 Å². The average Bonchev–Trinajstić information content (AvgIpc) is 3.28. The van der Waals surface area contributed by atoms with Crippen molar-refractivity contribution in [3.63, 3.8) is 0 Å². The minimum atomic E-state index is -4.80. The number of carbonyl (C=O) groups excluding carboxylic acids is 3. The van der Waals surface area contributed by atoms with Crippen molar-refractivity contribution in [2.24, 2.45) is 16.2 Å². The molecular weight excluding hydrogens is 1050 g/mol. The number of hydrogen-bond acceptors (Lipinski definition) is 12. The summed E-state index contributed by atoms with van der Waals surface area (Å²) in [6.45, 7) is 23.0. The topological polar surface area (TPSA) is 203 Å². The van der Waals surface area contributed by atoms with Crippen molar-refractivity contribution in [3.8, 4) is 17.2 Å². The zero-order chi connectivity index (χ0) is 59.9. The maximum Gasteiger partial charge on any atom is 0.573 e. The van der Waals surface area contributed by atoms with Crippen molar-refractivity contribution in [3.05, 3.63) is 89.5 Å². The minimum Gasteiger partial charge on any atom is -0.406 e. The van der Waals surface area contributed by atoms with Crippen molar-refractivity contribution in [2.45, 2.75) is 158 Å². The highest BCUT2D eigenvalue weighted by Crippen LogP contribution is 2.30. The molecule has 6 N–H and O–H groups in total. The van der Waals surface area contributed by atoms with Crippen molar-refractivity contribution < 1.29 is 97.6 Å². The summed E-state index contributed by atoms with van der Waals surface area (Å²) in [4.78, 5) is 36.7. The van der Waals surface area contributed by atoms with Crippen LogP contribution in [0.5, 0.6) is 17.2 Å². The Kier molecular flexibility index (Phi) is 29.0. The fraction of sp³-hybridized carbons (Fsp3) is 0.611. The van der Waals surface area contributed by atoms with E-state index in [1.807, 2.05) is 0 Å². The van der Waals surface area contributed by atoms with Gasteiger partial charge in [0.15, 0.2) is 0 Å². The van der Waals surface area contributed by atoms with Crippen molar-refractivity contribution in [1.29, 1.82) is 0 Å². The number of benzene rings is 3. The number of nitrogens with one attached hydrogen (secondary N) is 3. The zero-order valence-corrected chi connectivity index (χ0v) is 46.2. The second-order valence-electron chi connectivity index (χ2n) is 21.0. The molecule has 3 amide bonds. The summed E-state index contributed by atoms with van der Waals surface area (Å²) in [5, 5.41) is 38.3. The lowest BCUT2D eigenvalue weighted by molar-refractivity contribution is -0.275. The van der Waals surface area contributed by atoms with Gasteiger partial charge in [-0.1, -0.05) is 98.7 Å². The minimum absolute atomic E-state index is 0.0866. The molecule has 78 heavy (non-hydrogen) atoms. The van der Waals surface area contributed by atoms with E-state index in [0.29, 0.717) is 36.5 Å². The van der Waals surface area contributed by atoms with Crippen LogP contribution < -0.4 is 30.2 Å². The molecule has 1 unspecified atom stereocenters. The van der Waals surface area contributed by atoms with E-state index < -0.39 is 89.5 Å². The molecule has 6 atom stereocenters. The zero-order valence-electron chi connectivity index (χ0n) is 46.2. The summed E-state index contributed by atoms with van der Waals surface area (Å²) in [5.74, 6) is -2.38. The van der Waals surface area contributed by atoms with Gasteiger partial charge in [0.05, 0.1) is 75.5 Å². The molecule has 3 aromatic rings. The van der Waals surface area contributed by atoms with Gasteiger partial charge in [-0.3, -0.25) is 14.4 Å². The van der Waals surface area contributed by atoms with Gasteiger partial charge >= 0.3 is 19.1 Å². The fourth-order valence-corrected chi connectivity index (χ4v) is 6.36. The second-order valence-corrected chi connectivity index (χ2v) is 21.0. The van der Waals surface area contributed by atoms with E-state index in [2.05, 4.69) is 30.2 Å². The van der Waals surface area contributed by atoms with Crippen LogP contribution in [-0.2, 0) is 28.6 Å². The standard InChI is InChI=1S/3C18H26F3NO4/c3*1-5-25-11-14(22-16(24)10-15(23)17(2,3)4)12-7-6-8-13(9-12)26-18(19,20)21/h3*6-9,14-15,23H,5,10-11H2,1-4H3,(H,22,24)/t14-,15?;14-,15+;14-,15-/m000/s1. The lowest BCUT2D eigenvalue weighted by Gasteiger charge is -2.26. The van der Waals surface area contributed by atoms with Crippen LogP contribution in [0, 0.1) is 16.2 Å². The third kappa shape index (κ3) is 30.7. The highest BCUT2D eigenvalue weighted by Gasteiger charge is 2.34. The number of aliphatic hydroxyl groups excluding tert-OH is 3. The molecule has 0 bridgehead atoms. The first kappa shape index (κ1) is 70.6. The first-order valence-corrected chi connectivity index (χ1v) is 25.0. The Hall–Kier alpha value is -5.40.